The van der Waals surface area contributed by atoms with Crippen LogP contribution in [-0.4, -0.2) is 25.4 Å². The lowest BCUT2D eigenvalue weighted by atomic mass is 10.2. The van der Waals surface area contributed by atoms with Crippen LogP contribution >= 0.6 is 0 Å². The molecule has 0 radical (unpaired) electrons. The third-order valence-electron chi connectivity index (χ3n) is 2.54. The number of ether oxygens (including phenoxy) is 1. The summed E-state index contributed by atoms with van der Waals surface area (Å²) in [6, 6.07) is 3.68. The van der Waals surface area contributed by atoms with Crippen molar-refractivity contribution in [3.05, 3.63) is 29.7 Å². The highest BCUT2D eigenvalue weighted by Crippen LogP contribution is 2.25. The highest BCUT2D eigenvalue weighted by Gasteiger charge is 2.15. The quantitative estimate of drug-likeness (QED) is 0.777. The first-order chi connectivity index (χ1) is 8.33. The Morgan fingerprint density at radius 2 is 2.35 bits per heavy atom. The minimum atomic E-state index is 0.666. The topological polar surface area (TPSA) is 60.4 Å². The second-order valence-electron chi connectivity index (χ2n) is 3.73. The van der Waals surface area contributed by atoms with E-state index in [0.29, 0.717) is 24.7 Å². The van der Waals surface area contributed by atoms with Gasteiger partial charge in [-0.05, 0) is 19.1 Å². The first-order valence-corrected chi connectivity index (χ1v) is 5.51. The molecule has 92 valence electrons. The SMILES string of the molecule is COCCNCc1noc(-c2ccco2)c1C. The summed E-state index contributed by atoms with van der Waals surface area (Å²) in [5, 5.41) is 7.25. The lowest BCUT2D eigenvalue weighted by Crippen LogP contribution is -2.19. The Bertz CT molecular complexity index is 448. The van der Waals surface area contributed by atoms with Crippen molar-refractivity contribution < 1.29 is 13.7 Å². The van der Waals surface area contributed by atoms with Crippen molar-refractivity contribution in [3.8, 4) is 11.5 Å². The predicted molar refractivity (Wildman–Crippen MR) is 62.5 cm³/mol. The van der Waals surface area contributed by atoms with E-state index >= 15 is 0 Å². The molecule has 2 heterocycles. The standard InChI is InChI=1S/C12H16N2O3/c1-9-10(8-13-5-7-15-2)14-17-12(9)11-4-3-6-16-11/h3-4,6,13H,5,7-8H2,1-2H3. The number of nitrogens with one attached hydrogen (secondary N) is 1. The minimum absolute atomic E-state index is 0.666. The highest BCUT2D eigenvalue weighted by atomic mass is 16.5. The molecular formula is C12H16N2O3. The van der Waals surface area contributed by atoms with Gasteiger partial charge in [-0.25, -0.2) is 0 Å². The number of nitrogens with zero attached hydrogens (tertiary/aromatic N) is 1. The van der Waals surface area contributed by atoms with Crippen LogP contribution < -0.4 is 5.32 Å². The van der Waals surface area contributed by atoms with Gasteiger partial charge < -0.3 is 19.0 Å². The van der Waals surface area contributed by atoms with E-state index in [9.17, 15) is 0 Å². The molecule has 2 aromatic heterocycles. The molecule has 0 saturated carbocycles. The summed E-state index contributed by atoms with van der Waals surface area (Å²) in [7, 11) is 1.68. The molecule has 5 nitrogen and oxygen atoms in total. The Hall–Kier alpha value is -1.59. The zero-order valence-electron chi connectivity index (χ0n) is 10.0. The van der Waals surface area contributed by atoms with Crippen molar-refractivity contribution in [2.75, 3.05) is 20.3 Å². The van der Waals surface area contributed by atoms with Gasteiger partial charge in [-0.15, -0.1) is 0 Å². The normalized spacial score (nSPS) is 10.9. The monoisotopic (exact) mass is 236 g/mol. The molecule has 17 heavy (non-hydrogen) atoms. The van der Waals surface area contributed by atoms with Crippen LogP contribution in [-0.2, 0) is 11.3 Å². The first kappa shape index (κ1) is 11.9. The number of rotatable bonds is 6. The summed E-state index contributed by atoms with van der Waals surface area (Å²) in [6.45, 7) is 4.11. The van der Waals surface area contributed by atoms with Gasteiger partial charge >= 0.3 is 0 Å². The third kappa shape index (κ3) is 2.75. The van der Waals surface area contributed by atoms with Crippen molar-refractivity contribution in [1.29, 1.82) is 0 Å². The summed E-state index contributed by atoms with van der Waals surface area (Å²) in [5.41, 5.74) is 1.90. The van der Waals surface area contributed by atoms with Gasteiger partial charge in [0.05, 0.1) is 12.9 Å². The zero-order chi connectivity index (χ0) is 12.1. The maximum absolute atomic E-state index is 5.28. The fourth-order valence-electron chi connectivity index (χ4n) is 1.55. The van der Waals surface area contributed by atoms with Gasteiger partial charge in [0.25, 0.3) is 0 Å². The fourth-order valence-corrected chi connectivity index (χ4v) is 1.55. The van der Waals surface area contributed by atoms with E-state index in [1.54, 1.807) is 13.4 Å². The maximum atomic E-state index is 5.28. The molecule has 0 amide bonds. The number of aromatic nitrogens is 1. The Morgan fingerprint density at radius 3 is 3.06 bits per heavy atom. The second-order valence-corrected chi connectivity index (χ2v) is 3.73. The van der Waals surface area contributed by atoms with Crippen LogP contribution in [0, 0.1) is 6.92 Å². The lowest BCUT2D eigenvalue weighted by molar-refractivity contribution is 0.199. The highest BCUT2D eigenvalue weighted by molar-refractivity contribution is 5.55. The molecule has 0 aromatic carbocycles. The van der Waals surface area contributed by atoms with E-state index in [1.165, 1.54) is 0 Å². The molecule has 2 rings (SSSR count). The maximum Gasteiger partial charge on any atom is 0.205 e. The van der Waals surface area contributed by atoms with Gasteiger partial charge in [0, 0.05) is 25.8 Å². The van der Waals surface area contributed by atoms with Gasteiger partial charge in [-0.1, -0.05) is 5.16 Å². The average molecular weight is 236 g/mol. The average Bonchev–Trinajstić information content (AvgIpc) is 2.95. The molecule has 5 heteroatoms. The van der Waals surface area contributed by atoms with Gasteiger partial charge in [0.1, 0.15) is 5.69 Å². The summed E-state index contributed by atoms with van der Waals surface area (Å²) in [6.07, 6.45) is 1.62. The van der Waals surface area contributed by atoms with E-state index in [1.807, 2.05) is 19.1 Å². The molecule has 0 bridgehead atoms. The molecule has 0 aliphatic rings. The van der Waals surface area contributed by atoms with Gasteiger partial charge in [-0.3, -0.25) is 0 Å². The summed E-state index contributed by atoms with van der Waals surface area (Å²) in [5.74, 6) is 1.40. The first-order valence-electron chi connectivity index (χ1n) is 5.51. The molecule has 0 fully saturated rings. The number of methoxy groups -OCH3 is 1. The number of furan rings is 1. The molecule has 0 aliphatic carbocycles. The van der Waals surface area contributed by atoms with E-state index in [4.69, 9.17) is 13.7 Å². The third-order valence-corrected chi connectivity index (χ3v) is 2.54. The van der Waals surface area contributed by atoms with E-state index in [2.05, 4.69) is 10.5 Å². The van der Waals surface area contributed by atoms with Gasteiger partial charge in [0.2, 0.25) is 5.76 Å². The largest absolute Gasteiger partial charge is 0.461 e. The van der Waals surface area contributed by atoms with Crippen LogP contribution in [0.25, 0.3) is 11.5 Å². The van der Waals surface area contributed by atoms with Crippen LogP contribution in [0.5, 0.6) is 0 Å². The second kappa shape index (κ2) is 5.65. The van der Waals surface area contributed by atoms with Crippen LogP contribution in [0.15, 0.2) is 27.3 Å². The zero-order valence-corrected chi connectivity index (χ0v) is 10.0. The molecule has 0 aliphatic heterocycles. The predicted octanol–water partition coefficient (Wildman–Crippen LogP) is 1.98. The lowest BCUT2D eigenvalue weighted by Gasteiger charge is -2.01. The molecule has 1 N–H and O–H groups in total. The van der Waals surface area contributed by atoms with Crippen LogP contribution in [0.3, 0.4) is 0 Å². The molecule has 2 aromatic rings. The Morgan fingerprint density at radius 1 is 1.47 bits per heavy atom. The Balaban J connectivity index is 2.01. The summed E-state index contributed by atoms with van der Waals surface area (Å²) >= 11 is 0. The number of hydrogen-bond donors (Lipinski definition) is 1. The van der Waals surface area contributed by atoms with E-state index in [-0.39, 0.29) is 0 Å². The van der Waals surface area contributed by atoms with E-state index in [0.717, 1.165) is 17.8 Å². The minimum Gasteiger partial charge on any atom is -0.461 e. The Labute approximate surface area is 99.7 Å². The molecule has 0 unspecified atom stereocenters. The Kier molecular flexibility index (Phi) is 3.95. The fraction of sp³-hybridized carbons (Fsp3) is 0.417. The number of hydrogen-bond acceptors (Lipinski definition) is 5. The van der Waals surface area contributed by atoms with Crippen molar-refractivity contribution >= 4 is 0 Å². The van der Waals surface area contributed by atoms with Crippen LogP contribution in [0.4, 0.5) is 0 Å². The van der Waals surface area contributed by atoms with Gasteiger partial charge in [0.15, 0.2) is 5.76 Å². The molecule has 0 saturated heterocycles. The van der Waals surface area contributed by atoms with Crippen LogP contribution in [0.2, 0.25) is 0 Å². The van der Waals surface area contributed by atoms with Gasteiger partial charge in [-0.2, -0.15) is 0 Å². The van der Waals surface area contributed by atoms with E-state index < -0.39 is 0 Å². The van der Waals surface area contributed by atoms with Crippen LogP contribution in [0.1, 0.15) is 11.3 Å². The molecular weight excluding hydrogens is 220 g/mol. The molecule has 0 atom stereocenters. The molecule has 0 spiro atoms. The summed E-state index contributed by atoms with van der Waals surface area (Å²) in [4.78, 5) is 0. The summed E-state index contributed by atoms with van der Waals surface area (Å²) < 4.78 is 15.5. The van der Waals surface area contributed by atoms with Crippen molar-refractivity contribution in [2.24, 2.45) is 0 Å². The van der Waals surface area contributed by atoms with Crippen molar-refractivity contribution in [3.63, 3.8) is 0 Å². The smallest absolute Gasteiger partial charge is 0.205 e. The van der Waals surface area contributed by atoms with Crippen molar-refractivity contribution in [2.45, 2.75) is 13.5 Å². The van der Waals surface area contributed by atoms with Crippen molar-refractivity contribution in [1.82, 2.24) is 10.5 Å².